The van der Waals surface area contributed by atoms with Crippen LogP contribution in [0.1, 0.15) is 45.5 Å². The van der Waals surface area contributed by atoms with Gasteiger partial charge < -0.3 is 4.74 Å². The van der Waals surface area contributed by atoms with E-state index in [0.717, 1.165) is 46.6 Å². The number of hydrogen-bond donors (Lipinski definition) is 0. The summed E-state index contributed by atoms with van der Waals surface area (Å²) in [5, 5.41) is -0.641. The molecule has 9 nitrogen and oxygen atoms in total. The Kier molecular flexibility index (Phi) is 7.31. The lowest BCUT2D eigenvalue weighted by molar-refractivity contribution is 0.0601. The molecule has 3 rings (SSSR count). The van der Waals surface area contributed by atoms with Gasteiger partial charge in [0.15, 0.2) is 0 Å². The highest BCUT2D eigenvalue weighted by Crippen LogP contribution is 2.36. The molecule has 0 saturated carbocycles. The quantitative estimate of drug-likeness (QED) is 0.467. The minimum Gasteiger partial charge on any atom is -0.465 e. The first kappa shape index (κ1) is 24.3. The number of rotatable bonds is 4. The van der Waals surface area contributed by atoms with E-state index >= 15 is 0 Å². The molecule has 1 aromatic carbocycles. The van der Waals surface area contributed by atoms with Crippen molar-refractivity contribution < 1.29 is 23.3 Å². The predicted molar refractivity (Wildman–Crippen MR) is 124 cm³/mol. The Hall–Kier alpha value is -2.37. The Labute approximate surface area is 194 Å². The number of esters is 1. The van der Waals surface area contributed by atoms with Crippen molar-refractivity contribution in [3.8, 4) is 0 Å². The van der Waals surface area contributed by atoms with Gasteiger partial charge in [-0.2, -0.15) is 4.36 Å². The van der Waals surface area contributed by atoms with E-state index in [1.54, 1.807) is 6.26 Å². The minimum absolute atomic E-state index is 0.0228. The maximum Gasteiger partial charge on any atom is 0.340 e. The van der Waals surface area contributed by atoms with Crippen LogP contribution in [0.15, 0.2) is 27.5 Å². The van der Waals surface area contributed by atoms with Crippen LogP contribution in [-0.2, 0) is 21.5 Å². The van der Waals surface area contributed by atoms with E-state index in [1.165, 1.54) is 26.3 Å². The maximum atomic E-state index is 13.2. The van der Waals surface area contributed by atoms with Crippen LogP contribution < -0.4 is 5.56 Å². The lowest BCUT2D eigenvalue weighted by atomic mass is 10.0. The number of aromatic nitrogens is 2. The molecule has 12 heteroatoms. The molecule has 1 aromatic heterocycles. The molecule has 0 bridgehead atoms. The van der Waals surface area contributed by atoms with Crippen LogP contribution in [0.25, 0.3) is 0 Å². The molecule has 0 atom stereocenters. The van der Waals surface area contributed by atoms with Crippen LogP contribution >= 0.6 is 23.4 Å². The van der Waals surface area contributed by atoms with E-state index in [4.69, 9.17) is 16.3 Å². The van der Waals surface area contributed by atoms with Gasteiger partial charge in [-0.15, -0.1) is 0 Å². The van der Waals surface area contributed by atoms with Gasteiger partial charge in [-0.3, -0.25) is 14.4 Å². The third kappa shape index (κ3) is 4.55. The molecule has 1 aliphatic heterocycles. The van der Waals surface area contributed by atoms with Crippen LogP contribution in [0.5, 0.6) is 0 Å². The molecule has 0 aliphatic carbocycles. The molecular weight excluding hydrogens is 478 g/mol. The molecule has 0 radical (unpaired) electrons. The van der Waals surface area contributed by atoms with E-state index < -0.39 is 32.3 Å². The lowest BCUT2D eigenvalue weighted by Gasteiger charge is -2.17. The Morgan fingerprint density at radius 2 is 1.75 bits per heavy atom. The highest BCUT2D eigenvalue weighted by molar-refractivity contribution is 8.13. The van der Waals surface area contributed by atoms with Crippen LogP contribution in [0.2, 0.25) is 5.02 Å². The number of halogens is 1. The molecule has 1 aliphatic rings. The molecule has 172 valence electrons. The van der Waals surface area contributed by atoms with Crippen LogP contribution in [0, 0.1) is 0 Å². The number of nitrogens with zero attached hydrogens (tertiary/aromatic N) is 3. The number of thioether (sulfide) groups is 1. The first-order chi connectivity index (χ1) is 15.1. The van der Waals surface area contributed by atoms with Crippen molar-refractivity contribution in [2.45, 2.75) is 19.3 Å². The first-order valence-electron chi connectivity index (χ1n) is 9.68. The number of methoxy groups -OCH3 is 1. The first-order valence-corrected chi connectivity index (χ1v) is 13.1. The van der Waals surface area contributed by atoms with Gasteiger partial charge in [-0.05, 0) is 31.2 Å². The van der Waals surface area contributed by atoms with Crippen LogP contribution in [0.4, 0.5) is 10.5 Å². The maximum absolute atomic E-state index is 13.2. The van der Waals surface area contributed by atoms with Gasteiger partial charge in [-0.1, -0.05) is 29.8 Å². The summed E-state index contributed by atoms with van der Waals surface area (Å²) in [7, 11) is -0.105. The summed E-state index contributed by atoms with van der Waals surface area (Å²) in [4.78, 5) is 50.1. The summed E-state index contributed by atoms with van der Waals surface area (Å²) in [6, 6.07) is 2.60. The molecule has 1 saturated heterocycles. The third-order valence-electron chi connectivity index (χ3n) is 5.16. The highest BCUT2D eigenvalue weighted by Gasteiger charge is 2.27. The summed E-state index contributed by atoms with van der Waals surface area (Å²) in [5.74, 6) is -0.754. The number of ketones is 1. The second kappa shape index (κ2) is 9.63. The fourth-order valence-corrected chi connectivity index (χ4v) is 6.33. The molecule has 2 aromatic rings. The largest absolute Gasteiger partial charge is 0.465 e. The van der Waals surface area contributed by atoms with E-state index in [0.29, 0.717) is 11.5 Å². The zero-order chi connectivity index (χ0) is 23.6. The Balaban J connectivity index is 2.19. The van der Waals surface area contributed by atoms with Crippen LogP contribution in [0.3, 0.4) is 0 Å². The molecule has 0 spiro atoms. The molecule has 2 heterocycles. The van der Waals surface area contributed by atoms with E-state index in [9.17, 15) is 23.4 Å². The average molecular weight is 500 g/mol. The van der Waals surface area contributed by atoms with E-state index in [1.807, 2.05) is 0 Å². The summed E-state index contributed by atoms with van der Waals surface area (Å²) in [6.07, 6.45) is 5.11. The van der Waals surface area contributed by atoms with Gasteiger partial charge in [0, 0.05) is 30.3 Å². The van der Waals surface area contributed by atoms with Crippen molar-refractivity contribution in [1.29, 1.82) is 0 Å². The second-order valence-electron chi connectivity index (χ2n) is 7.16. The fourth-order valence-electron chi connectivity index (χ4n) is 3.40. The van der Waals surface area contributed by atoms with Gasteiger partial charge in [-0.25, -0.2) is 18.4 Å². The fraction of sp³-hybridized carbons (Fsp3) is 0.400. The van der Waals surface area contributed by atoms with Crippen molar-refractivity contribution in [1.82, 2.24) is 9.36 Å². The monoisotopic (exact) mass is 499 g/mol. The Bertz CT molecular complexity index is 1270. The Morgan fingerprint density at radius 1 is 1.12 bits per heavy atom. The van der Waals surface area contributed by atoms with E-state index in [-0.39, 0.29) is 27.4 Å². The normalized spacial score (nSPS) is 15.2. The topological polar surface area (TPSA) is 117 Å². The SMILES string of the molecule is COC(=O)c1ccc(C(=O)c2cn(C(=O)SC)n(C)c2=O)c(Cl)c1N=S1(=O)CCCCC1. The molecule has 1 fully saturated rings. The number of carbonyl (C=O) groups excluding carboxylic acids is 3. The summed E-state index contributed by atoms with van der Waals surface area (Å²) in [6.45, 7) is 0. The van der Waals surface area contributed by atoms with Gasteiger partial charge in [0.2, 0.25) is 5.78 Å². The van der Waals surface area contributed by atoms with E-state index in [2.05, 4.69) is 4.36 Å². The summed E-state index contributed by atoms with van der Waals surface area (Å²) < 4.78 is 24.4. The van der Waals surface area contributed by atoms with Crippen molar-refractivity contribution >= 4 is 55.8 Å². The van der Waals surface area contributed by atoms with Crippen molar-refractivity contribution in [2.24, 2.45) is 11.4 Å². The van der Waals surface area contributed by atoms with Crippen molar-refractivity contribution in [3.63, 3.8) is 0 Å². The molecule has 0 N–H and O–H groups in total. The molecular formula is C20H22ClN3O6S2. The molecule has 0 unspecified atom stereocenters. The second-order valence-corrected chi connectivity index (χ2v) is 10.8. The predicted octanol–water partition coefficient (Wildman–Crippen LogP) is 3.47. The average Bonchev–Trinajstić information content (AvgIpc) is 3.08. The van der Waals surface area contributed by atoms with Crippen LogP contribution in [-0.4, -0.2) is 55.4 Å². The van der Waals surface area contributed by atoms with Crippen molar-refractivity contribution in [2.75, 3.05) is 24.9 Å². The number of carbonyl (C=O) groups is 3. The zero-order valence-corrected chi connectivity index (χ0v) is 20.1. The third-order valence-corrected chi connectivity index (χ3v) is 8.44. The van der Waals surface area contributed by atoms with Gasteiger partial charge in [0.05, 0.1) is 27.4 Å². The van der Waals surface area contributed by atoms with Gasteiger partial charge in [0.1, 0.15) is 11.3 Å². The van der Waals surface area contributed by atoms with Crippen molar-refractivity contribution in [3.05, 3.63) is 50.4 Å². The summed E-state index contributed by atoms with van der Waals surface area (Å²) in [5.41, 5.74) is -1.15. The van der Waals surface area contributed by atoms with Gasteiger partial charge in [0.25, 0.3) is 5.56 Å². The minimum atomic E-state index is -2.66. The molecule has 0 amide bonds. The smallest absolute Gasteiger partial charge is 0.340 e. The zero-order valence-electron chi connectivity index (χ0n) is 17.8. The summed E-state index contributed by atoms with van der Waals surface area (Å²) >= 11 is 7.38. The van der Waals surface area contributed by atoms with Gasteiger partial charge >= 0.3 is 11.2 Å². The molecule has 32 heavy (non-hydrogen) atoms. The standard InChI is InChI=1S/C20H22ClN3O6S2/c1-23-18(26)14(11-24(23)20(28)31-3)17(25)12-7-8-13(19(27)30-2)16(15(12)21)22-32(29)9-5-4-6-10-32/h7-8,11H,4-6,9-10H2,1-3H3. The lowest BCUT2D eigenvalue weighted by Crippen LogP contribution is -2.24. The number of hydrogen-bond acceptors (Lipinski definition) is 8. The number of ether oxygens (including phenoxy) is 1. The highest BCUT2D eigenvalue weighted by atomic mass is 35.5. The number of benzene rings is 1. The Morgan fingerprint density at radius 3 is 2.34 bits per heavy atom.